The average molecular weight is 325 g/mol. The third-order valence-corrected chi connectivity index (χ3v) is 3.47. The first kappa shape index (κ1) is 16.2. The highest BCUT2D eigenvalue weighted by atomic mass is 35.5. The minimum atomic E-state index is -4.76. The molecule has 3 nitrogen and oxygen atoms in total. The zero-order valence-corrected chi connectivity index (χ0v) is 12.2. The molecule has 7 heteroatoms. The summed E-state index contributed by atoms with van der Waals surface area (Å²) in [6.07, 6.45) is -4.08. The molecular weight excluding hydrogens is 309 g/mol. The molecule has 1 aliphatic carbocycles. The Morgan fingerprint density at radius 1 is 1.24 bits per heavy atom. The normalized spacial score (nSPS) is 25.3. The van der Waals surface area contributed by atoms with Crippen LogP contribution in [-0.4, -0.2) is 30.6 Å². The van der Waals surface area contributed by atoms with E-state index in [4.69, 9.17) is 21.1 Å². The number of hydrogen-bond donors (Lipinski definition) is 0. The summed E-state index contributed by atoms with van der Waals surface area (Å²) in [6.45, 7) is 2.50. The molecule has 1 fully saturated rings. The van der Waals surface area contributed by atoms with Gasteiger partial charge in [-0.1, -0.05) is 19.1 Å². The fourth-order valence-electron chi connectivity index (χ4n) is 2.03. The summed E-state index contributed by atoms with van der Waals surface area (Å²) in [5.74, 6) is -0.328. The molecule has 118 valence electrons. The van der Waals surface area contributed by atoms with Crippen LogP contribution >= 0.6 is 11.6 Å². The number of benzene rings is 1. The van der Waals surface area contributed by atoms with E-state index in [2.05, 4.69) is 4.74 Å². The van der Waals surface area contributed by atoms with Gasteiger partial charge in [-0.25, -0.2) is 0 Å². The molecular formula is C14H16ClF3O3. The molecule has 2 rings (SSSR count). The smallest absolute Gasteiger partial charge is 0.484 e. The monoisotopic (exact) mass is 324 g/mol. The maximum absolute atomic E-state index is 12.3. The summed E-state index contributed by atoms with van der Waals surface area (Å²) in [4.78, 5) is 0. The van der Waals surface area contributed by atoms with E-state index in [0.717, 1.165) is 6.42 Å². The van der Waals surface area contributed by atoms with Crippen LogP contribution in [-0.2, 0) is 4.74 Å². The first-order chi connectivity index (χ1) is 9.90. The Balaban J connectivity index is 2.02. The lowest BCUT2D eigenvalue weighted by molar-refractivity contribution is -0.275. The summed E-state index contributed by atoms with van der Waals surface area (Å²) in [5.41, 5.74) is 0. The van der Waals surface area contributed by atoms with E-state index in [0.29, 0.717) is 13.0 Å². The summed E-state index contributed by atoms with van der Waals surface area (Å²) >= 11 is 6.04. The molecule has 0 radical (unpaired) electrons. The van der Waals surface area contributed by atoms with Gasteiger partial charge < -0.3 is 14.2 Å². The molecule has 1 aliphatic rings. The van der Waals surface area contributed by atoms with Crippen molar-refractivity contribution in [2.75, 3.05) is 6.61 Å². The number of ether oxygens (including phenoxy) is 3. The van der Waals surface area contributed by atoms with Crippen LogP contribution < -0.4 is 9.47 Å². The number of rotatable bonds is 6. The van der Waals surface area contributed by atoms with Gasteiger partial charge in [-0.05, 0) is 18.6 Å². The van der Waals surface area contributed by atoms with E-state index in [9.17, 15) is 13.2 Å². The number of para-hydroxylation sites is 2. The van der Waals surface area contributed by atoms with Gasteiger partial charge in [0.05, 0.1) is 5.38 Å². The van der Waals surface area contributed by atoms with Gasteiger partial charge in [0.2, 0.25) is 0 Å². The molecule has 0 N–H and O–H groups in total. The summed E-state index contributed by atoms with van der Waals surface area (Å²) in [6, 6.07) is 5.67. The Morgan fingerprint density at radius 2 is 1.90 bits per heavy atom. The zero-order valence-electron chi connectivity index (χ0n) is 11.4. The predicted octanol–water partition coefficient (Wildman–Crippen LogP) is 4.14. The van der Waals surface area contributed by atoms with Crippen molar-refractivity contribution in [1.82, 2.24) is 0 Å². The molecule has 3 atom stereocenters. The van der Waals surface area contributed by atoms with Crippen molar-refractivity contribution >= 4 is 11.6 Å². The Hall–Kier alpha value is -1.14. The van der Waals surface area contributed by atoms with E-state index >= 15 is 0 Å². The number of halogens is 4. The molecule has 0 aliphatic heterocycles. The minimum absolute atomic E-state index is 0.0356. The van der Waals surface area contributed by atoms with Gasteiger partial charge in [-0.3, -0.25) is 0 Å². The largest absolute Gasteiger partial charge is 0.573 e. The van der Waals surface area contributed by atoms with Crippen molar-refractivity contribution in [2.45, 2.75) is 43.7 Å². The van der Waals surface area contributed by atoms with E-state index in [-0.39, 0.29) is 29.1 Å². The van der Waals surface area contributed by atoms with Crippen LogP contribution in [0.1, 0.15) is 19.8 Å². The number of alkyl halides is 4. The quantitative estimate of drug-likeness (QED) is 0.736. The van der Waals surface area contributed by atoms with E-state index in [1.165, 1.54) is 18.2 Å². The Labute approximate surface area is 125 Å². The maximum atomic E-state index is 12.3. The number of hydrogen-bond acceptors (Lipinski definition) is 3. The summed E-state index contributed by atoms with van der Waals surface area (Å²) < 4.78 is 52.1. The first-order valence-corrected chi connectivity index (χ1v) is 7.11. The summed E-state index contributed by atoms with van der Waals surface area (Å²) in [5, 5.41) is -0.183. The Bertz CT molecular complexity index is 467. The van der Waals surface area contributed by atoms with Crippen molar-refractivity contribution in [2.24, 2.45) is 0 Å². The fraction of sp³-hybridized carbons (Fsp3) is 0.571. The molecule has 0 heterocycles. The highest BCUT2D eigenvalue weighted by Gasteiger charge is 2.43. The molecule has 1 aromatic carbocycles. The summed E-state index contributed by atoms with van der Waals surface area (Å²) in [7, 11) is 0. The van der Waals surface area contributed by atoms with Gasteiger partial charge in [0, 0.05) is 13.0 Å². The van der Waals surface area contributed by atoms with Crippen molar-refractivity contribution < 1.29 is 27.4 Å². The van der Waals surface area contributed by atoms with Crippen molar-refractivity contribution in [3.05, 3.63) is 24.3 Å². The second-order valence-electron chi connectivity index (χ2n) is 4.74. The van der Waals surface area contributed by atoms with E-state index in [1.54, 1.807) is 6.07 Å². The highest BCUT2D eigenvalue weighted by Crippen LogP contribution is 2.37. The van der Waals surface area contributed by atoms with Gasteiger partial charge in [-0.15, -0.1) is 24.8 Å². The van der Waals surface area contributed by atoms with Crippen LogP contribution in [0.15, 0.2) is 24.3 Å². The molecule has 1 aromatic rings. The molecule has 0 bridgehead atoms. The van der Waals surface area contributed by atoms with Gasteiger partial charge in [0.25, 0.3) is 0 Å². The molecule has 0 amide bonds. The zero-order chi connectivity index (χ0) is 15.5. The highest BCUT2D eigenvalue weighted by molar-refractivity contribution is 6.21. The van der Waals surface area contributed by atoms with Crippen molar-refractivity contribution in [3.63, 3.8) is 0 Å². The second kappa shape index (κ2) is 6.75. The third kappa shape index (κ3) is 4.41. The second-order valence-corrected chi connectivity index (χ2v) is 5.30. The van der Waals surface area contributed by atoms with Gasteiger partial charge >= 0.3 is 6.36 Å². The lowest BCUT2D eigenvalue weighted by Gasteiger charge is -2.40. The first-order valence-electron chi connectivity index (χ1n) is 6.68. The lowest BCUT2D eigenvalue weighted by Crippen LogP contribution is -2.52. The van der Waals surface area contributed by atoms with Crippen LogP contribution in [0.3, 0.4) is 0 Å². The molecule has 1 saturated carbocycles. The van der Waals surface area contributed by atoms with Crippen LogP contribution in [0.2, 0.25) is 0 Å². The Morgan fingerprint density at radius 3 is 2.48 bits per heavy atom. The SMILES string of the molecule is CCCOC1C(Cl)CC1Oc1ccccc1OC(F)(F)F. The molecule has 0 aromatic heterocycles. The molecule has 21 heavy (non-hydrogen) atoms. The van der Waals surface area contributed by atoms with Crippen molar-refractivity contribution in [3.8, 4) is 11.5 Å². The van der Waals surface area contributed by atoms with Gasteiger partial charge in [0.15, 0.2) is 11.5 Å². The lowest BCUT2D eigenvalue weighted by atomic mass is 9.91. The van der Waals surface area contributed by atoms with Crippen LogP contribution in [0.4, 0.5) is 13.2 Å². The standard InChI is InChI=1S/C14H16ClF3O3/c1-2-7-19-13-9(15)8-12(13)20-10-5-3-4-6-11(10)21-14(16,17)18/h3-6,9,12-13H,2,7-8H2,1H3. The fourth-order valence-corrected chi connectivity index (χ4v) is 2.44. The van der Waals surface area contributed by atoms with E-state index in [1.807, 2.05) is 6.92 Å². The van der Waals surface area contributed by atoms with Crippen LogP contribution in [0.5, 0.6) is 11.5 Å². The van der Waals surface area contributed by atoms with E-state index < -0.39 is 6.36 Å². The third-order valence-electron chi connectivity index (χ3n) is 3.05. The van der Waals surface area contributed by atoms with Crippen molar-refractivity contribution in [1.29, 1.82) is 0 Å². The molecule has 3 unspecified atom stereocenters. The van der Waals surface area contributed by atoms with Crippen LogP contribution in [0, 0.1) is 0 Å². The van der Waals surface area contributed by atoms with Gasteiger partial charge in [-0.2, -0.15) is 0 Å². The minimum Gasteiger partial charge on any atom is -0.484 e. The predicted molar refractivity (Wildman–Crippen MR) is 71.8 cm³/mol. The Kier molecular flexibility index (Phi) is 5.22. The maximum Gasteiger partial charge on any atom is 0.573 e. The molecule has 0 saturated heterocycles. The average Bonchev–Trinajstić information content (AvgIpc) is 2.39. The molecule has 0 spiro atoms. The van der Waals surface area contributed by atoms with Crippen LogP contribution in [0.25, 0.3) is 0 Å². The topological polar surface area (TPSA) is 27.7 Å². The van der Waals surface area contributed by atoms with Gasteiger partial charge in [0.1, 0.15) is 12.2 Å².